The molecular formula is C23H26N4O6S. The third-order valence-corrected chi connectivity index (χ3v) is 8.16. The number of ether oxygens (including phenoxy) is 1. The summed E-state index contributed by atoms with van der Waals surface area (Å²) in [5.41, 5.74) is 0.563. The van der Waals surface area contributed by atoms with E-state index in [-0.39, 0.29) is 19.0 Å². The number of sulfonamides is 1. The maximum absolute atomic E-state index is 13.2. The summed E-state index contributed by atoms with van der Waals surface area (Å²) in [6, 6.07) is 14.6. The summed E-state index contributed by atoms with van der Waals surface area (Å²) >= 11 is 0. The summed E-state index contributed by atoms with van der Waals surface area (Å²) in [6.07, 6.45) is 1.01. The van der Waals surface area contributed by atoms with Crippen LogP contribution >= 0.6 is 0 Å². The first-order chi connectivity index (χ1) is 16.2. The topological polar surface area (TPSA) is 134 Å². The van der Waals surface area contributed by atoms with Crippen LogP contribution < -0.4 is 20.7 Å². The molecule has 4 amide bonds. The molecule has 2 aromatic carbocycles. The molecule has 0 radical (unpaired) electrons. The Bertz CT molecular complexity index is 1170. The van der Waals surface area contributed by atoms with E-state index in [4.69, 9.17) is 4.74 Å². The Hall–Kier alpha value is -3.44. The second kappa shape index (κ2) is 9.82. The fourth-order valence-corrected chi connectivity index (χ4v) is 6.15. The molecule has 2 aromatic rings. The first kappa shape index (κ1) is 23.7. The van der Waals surface area contributed by atoms with Crippen LogP contribution in [0.15, 0.2) is 54.6 Å². The van der Waals surface area contributed by atoms with Crippen molar-refractivity contribution in [1.82, 2.24) is 14.9 Å². The van der Waals surface area contributed by atoms with Gasteiger partial charge in [-0.15, -0.1) is 0 Å². The highest BCUT2D eigenvalue weighted by molar-refractivity contribution is 7.90. The van der Waals surface area contributed by atoms with E-state index in [9.17, 15) is 22.8 Å². The zero-order valence-corrected chi connectivity index (χ0v) is 19.4. The number of carbonyl (C=O) groups is 3. The van der Waals surface area contributed by atoms with Crippen LogP contribution in [0.25, 0.3) is 0 Å². The highest BCUT2D eigenvalue weighted by Crippen LogP contribution is 2.26. The SMILES string of the molecule is CC1NC(=O)NC(=O)C1S(=O)(=O)N1CCCC(C(=O)Nc2ccc(Oc3ccccc3)cc2)C1. The van der Waals surface area contributed by atoms with E-state index in [1.54, 1.807) is 24.3 Å². The fraction of sp³-hybridized carbons (Fsp3) is 0.348. The molecule has 2 heterocycles. The summed E-state index contributed by atoms with van der Waals surface area (Å²) in [4.78, 5) is 36.5. The number of amides is 4. The van der Waals surface area contributed by atoms with Crippen molar-refractivity contribution >= 4 is 33.6 Å². The molecule has 10 nitrogen and oxygen atoms in total. The molecular weight excluding hydrogens is 460 g/mol. The van der Waals surface area contributed by atoms with E-state index in [1.807, 2.05) is 35.6 Å². The number of para-hydroxylation sites is 1. The van der Waals surface area contributed by atoms with Crippen molar-refractivity contribution in [1.29, 1.82) is 0 Å². The van der Waals surface area contributed by atoms with Crippen LogP contribution in [0.2, 0.25) is 0 Å². The average molecular weight is 487 g/mol. The monoisotopic (exact) mass is 486 g/mol. The van der Waals surface area contributed by atoms with Gasteiger partial charge in [0.25, 0.3) is 0 Å². The molecule has 34 heavy (non-hydrogen) atoms. The lowest BCUT2D eigenvalue weighted by molar-refractivity contribution is -0.121. The molecule has 2 saturated heterocycles. The minimum Gasteiger partial charge on any atom is -0.457 e. The van der Waals surface area contributed by atoms with Crippen molar-refractivity contribution in [2.45, 2.75) is 31.1 Å². The highest BCUT2D eigenvalue weighted by Gasteiger charge is 2.46. The lowest BCUT2D eigenvalue weighted by atomic mass is 9.98. The van der Waals surface area contributed by atoms with Crippen molar-refractivity contribution in [2.24, 2.45) is 5.92 Å². The number of nitrogens with one attached hydrogen (secondary N) is 3. The van der Waals surface area contributed by atoms with Crippen LogP contribution in [0, 0.1) is 5.92 Å². The Labute approximate surface area is 197 Å². The van der Waals surface area contributed by atoms with Gasteiger partial charge in [-0.3, -0.25) is 14.9 Å². The summed E-state index contributed by atoms with van der Waals surface area (Å²) < 4.78 is 33.2. The van der Waals surface area contributed by atoms with Gasteiger partial charge >= 0.3 is 6.03 Å². The molecule has 0 aromatic heterocycles. The second-order valence-corrected chi connectivity index (χ2v) is 10.4. The third-order valence-electron chi connectivity index (χ3n) is 5.84. The first-order valence-corrected chi connectivity index (χ1v) is 12.5. The van der Waals surface area contributed by atoms with Crippen LogP contribution in [-0.4, -0.2) is 54.9 Å². The Morgan fingerprint density at radius 3 is 2.41 bits per heavy atom. The van der Waals surface area contributed by atoms with Gasteiger partial charge in [-0.2, -0.15) is 0 Å². The van der Waals surface area contributed by atoms with Crippen molar-refractivity contribution in [3.05, 3.63) is 54.6 Å². The largest absolute Gasteiger partial charge is 0.457 e. The maximum Gasteiger partial charge on any atom is 0.321 e. The standard InChI is InChI=1S/C23H26N4O6S/c1-15-20(22(29)26-23(30)24-15)34(31,32)27-13-5-6-16(14-27)21(28)25-17-9-11-19(12-10-17)33-18-7-3-2-4-8-18/h2-4,7-12,15-16,20H,5-6,13-14H2,1H3,(H,25,28)(H2,24,26,29,30). The maximum atomic E-state index is 13.2. The third kappa shape index (κ3) is 5.20. The van der Waals surface area contributed by atoms with Gasteiger partial charge in [-0.25, -0.2) is 17.5 Å². The van der Waals surface area contributed by atoms with Gasteiger partial charge in [0.05, 0.1) is 12.0 Å². The number of piperidine rings is 1. The van der Waals surface area contributed by atoms with Crippen LogP contribution in [-0.2, 0) is 19.6 Å². The lowest BCUT2D eigenvalue weighted by Gasteiger charge is -2.36. The Kier molecular flexibility index (Phi) is 6.85. The van der Waals surface area contributed by atoms with Crippen molar-refractivity contribution in [2.75, 3.05) is 18.4 Å². The van der Waals surface area contributed by atoms with E-state index in [1.165, 1.54) is 11.2 Å². The number of hydrogen-bond acceptors (Lipinski definition) is 6. The molecule has 0 aliphatic carbocycles. The molecule has 4 rings (SSSR count). The van der Waals surface area contributed by atoms with Crippen LogP contribution in [0.4, 0.5) is 10.5 Å². The summed E-state index contributed by atoms with van der Waals surface area (Å²) in [7, 11) is -4.07. The fourth-order valence-electron chi connectivity index (χ4n) is 4.15. The van der Waals surface area contributed by atoms with E-state index in [2.05, 4.69) is 10.6 Å². The van der Waals surface area contributed by atoms with E-state index in [0.717, 1.165) is 0 Å². The predicted octanol–water partition coefficient (Wildman–Crippen LogP) is 2.06. The van der Waals surface area contributed by atoms with Crippen LogP contribution in [0.3, 0.4) is 0 Å². The summed E-state index contributed by atoms with van der Waals surface area (Å²) in [6.45, 7) is 1.65. The van der Waals surface area contributed by atoms with Crippen molar-refractivity contribution < 1.29 is 27.5 Å². The van der Waals surface area contributed by atoms with Gasteiger partial charge < -0.3 is 15.4 Å². The zero-order chi connectivity index (χ0) is 24.3. The number of nitrogens with zero attached hydrogens (tertiary/aromatic N) is 1. The molecule has 0 bridgehead atoms. The molecule has 2 aliphatic heterocycles. The quantitative estimate of drug-likeness (QED) is 0.572. The smallest absolute Gasteiger partial charge is 0.321 e. The molecule has 180 valence electrons. The summed E-state index contributed by atoms with van der Waals surface area (Å²) in [5.74, 6) is -0.415. The minimum atomic E-state index is -4.07. The Balaban J connectivity index is 1.38. The number of imide groups is 1. The van der Waals surface area contributed by atoms with Gasteiger partial charge in [0.15, 0.2) is 5.25 Å². The van der Waals surface area contributed by atoms with Crippen LogP contribution in [0.1, 0.15) is 19.8 Å². The molecule has 2 aliphatic rings. The Morgan fingerprint density at radius 1 is 1.06 bits per heavy atom. The number of anilines is 1. The minimum absolute atomic E-state index is 0.0339. The molecule has 3 N–H and O–H groups in total. The van der Waals surface area contributed by atoms with Crippen LogP contribution in [0.5, 0.6) is 11.5 Å². The number of hydrogen-bond donors (Lipinski definition) is 3. The Morgan fingerprint density at radius 2 is 1.74 bits per heavy atom. The van der Waals surface area contributed by atoms with Gasteiger partial charge in [0.2, 0.25) is 21.8 Å². The van der Waals surface area contributed by atoms with E-state index >= 15 is 0 Å². The molecule has 11 heteroatoms. The molecule has 0 saturated carbocycles. The van der Waals surface area contributed by atoms with Gasteiger partial charge in [0.1, 0.15) is 11.5 Å². The molecule has 3 unspecified atom stereocenters. The highest BCUT2D eigenvalue weighted by atomic mass is 32.2. The van der Waals surface area contributed by atoms with Crippen molar-refractivity contribution in [3.63, 3.8) is 0 Å². The lowest BCUT2D eigenvalue weighted by Crippen LogP contribution is -2.65. The van der Waals surface area contributed by atoms with E-state index < -0.39 is 39.2 Å². The number of urea groups is 1. The number of benzene rings is 2. The normalized spacial score (nSPS) is 23.5. The van der Waals surface area contributed by atoms with Gasteiger partial charge in [-0.1, -0.05) is 18.2 Å². The van der Waals surface area contributed by atoms with Crippen molar-refractivity contribution in [3.8, 4) is 11.5 Å². The number of carbonyl (C=O) groups excluding carboxylic acids is 3. The van der Waals surface area contributed by atoms with E-state index in [0.29, 0.717) is 30.0 Å². The molecule has 0 spiro atoms. The molecule has 3 atom stereocenters. The molecule has 2 fully saturated rings. The first-order valence-electron chi connectivity index (χ1n) is 11.0. The number of rotatable bonds is 6. The summed E-state index contributed by atoms with van der Waals surface area (Å²) in [5, 5.41) is 5.82. The predicted molar refractivity (Wildman–Crippen MR) is 125 cm³/mol. The van der Waals surface area contributed by atoms with Gasteiger partial charge in [0, 0.05) is 18.8 Å². The average Bonchev–Trinajstić information content (AvgIpc) is 2.80. The zero-order valence-electron chi connectivity index (χ0n) is 18.6. The van der Waals surface area contributed by atoms with Gasteiger partial charge in [-0.05, 0) is 56.2 Å². The second-order valence-electron chi connectivity index (χ2n) is 8.34.